The molecule has 2 rings (SSSR count). The standard InChI is InChI=1S/C17H21ClN2O2/c1-17(2,13-5-3-6-14(18)11-13)12-20-16(21)19-9-8-15-7-4-10-22-15/h3-7,10-11H,8-9,12H2,1-2H3,(H2,19,20,21). The second-order valence-corrected chi connectivity index (χ2v) is 6.27. The Hall–Kier alpha value is -1.94. The molecule has 0 aliphatic rings. The summed E-state index contributed by atoms with van der Waals surface area (Å²) in [5, 5.41) is 6.42. The number of halogens is 1. The van der Waals surface area contributed by atoms with E-state index in [4.69, 9.17) is 16.0 Å². The summed E-state index contributed by atoms with van der Waals surface area (Å²) in [4.78, 5) is 11.8. The number of carbonyl (C=O) groups is 1. The lowest BCUT2D eigenvalue weighted by atomic mass is 9.85. The van der Waals surface area contributed by atoms with Crippen LogP contribution in [-0.4, -0.2) is 19.1 Å². The number of nitrogens with one attached hydrogen (secondary N) is 2. The minimum Gasteiger partial charge on any atom is -0.469 e. The minimum atomic E-state index is -0.191. The van der Waals surface area contributed by atoms with Gasteiger partial charge < -0.3 is 15.1 Å². The SMILES string of the molecule is CC(C)(CNC(=O)NCCc1ccco1)c1cccc(Cl)c1. The largest absolute Gasteiger partial charge is 0.469 e. The molecule has 4 nitrogen and oxygen atoms in total. The quantitative estimate of drug-likeness (QED) is 0.851. The van der Waals surface area contributed by atoms with Gasteiger partial charge in [-0.25, -0.2) is 4.79 Å². The van der Waals surface area contributed by atoms with Crippen LogP contribution >= 0.6 is 11.6 Å². The topological polar surface area (TPSA) is 54.3 Å². The fourth-order valence-electron chi connectivity index (χ4n) is 2.13. The Morgan fingerprint density at radius 2 is 2.05 bits per heavy atom. The first kappa shape index (κ1) is 16.4. The van der Waals surface area contributed by atoms with E-state index in [1.165, 1.54) is 0 Å². The zero-order valence-electron chi connectivity index (χ0n) is 12.9. The van der Waals surface area contributed by atoms with Crippen LogP contribution in [0.15, 0.2) is 47.1 Å². The molecule has 0 spiro atoms. The second kappa shape index (κ2) is 7.36. The molecule has 2 aromatic rings. The monoisotopic (exact) mass is 320 g/mol. The molecule has 0 radical (unpaired) electrons. The van der Waals surface area contributed by atoms with Crippen LogP contribution in [0.3, 0.4) is 0 Å². The van der Waals surface area contributed by atoms with Crippen LogP contribution in [0.1, 0.15) is 25.2 Å². The van der Waals surface area contributed by atoms with Gasteiger partial charge in [0.05, 0.1) is 6.26 Å². The van der Waals surface area contributed by atoms with Crippen molar-refractivity contribution in [1.82, 2.24) is 10.6 Å². The summed E-state index contributed by atoms with van der Waals surface area (Å²) in [5.41, 5.74) is 0.902. The summed E-state index contributed by atoms with van der Waals surface area (Å²) in [5.74, 6) is 0.861. The maximum absolute atomic E-state index is 11.8. The molecule has 0 fully saturated rings. The Morgan fingerprint density at radius 3 is 2.73 bits per heavy atom. The van der Waals surface area contributed by atoms with Gasteiger partial charge in [0.1, 0.15) is 5.76 Å². The Kier molecular flexibility index (Phi) is 5.50. The van der Waals surface area contributed by atoms with Crippen LogP contribution in [-0.2, 0) is 11.8 Å². The van der Waals surface area contributed by atoms with Gasteiger partial charge in [-0.1, -0.05) is 37.6 Å². The van der Waals surface area contributed by atoms with Gasteiger partial charge in [-0.05, 0) is 29.8 Å². The highest BCUT2D eigenvalue weighted by Crippen LogP contribution is 2.24. The molecule has 2 amide bonds. The molecule has 0 atom stereocenters. The van der Waals surface area contributed by atoms with Gasteiger partial charge in [0, 0.05) is 29.9 Å². The van der Waals surface area contributed by atoms with Gasteiger partial charge in [-0.2, -0.15) is 0 Å². The summed E-state index contributed by atoms with van der Waals surface area (Å²) in [6.45, 7) is 5.21. The third-order valence-corrected chi connectivity index (χ3v) is 3.77. The van der Waals surface area contributed by atoms with Crippen molar-refractivity contribution in [3.63, 3.8) is 0 Å². The molecule has 1 aromatic carbocycles. The predicted molar refractivity (Wildman–Crippen MR) is 88.3 cm³/mol. The molecule has 22 heavy (non-hydrogen) atoms. The van der Waals surface area contributed by atoms with Crippen LogP contribution < -0.4 is 10.6 Å². The van der Waals surface area contributed by atoms with E-state index in [-0.39, 0.29) is 11.4 Å². The van der Waals surface area contributed by atoms with Crippen LogP contribution in [0.2, 0.25) is 5.02 Å². The van der Waals surface area contributed by atoms with Crippen molar-refractivity contribution < 1.29 is 9.21 Å². The van der Waals surface area contributed by atoms with Crippen LogP contribution in [0.4, 0.5) is 4.79 Å². The average Bonchev–Trinajstić information content (AvgIpc) is 2.99. The number of amides is 2. The Labute approximate surface area is 135 Å². The first-order valence-electron chi connectivity index (χ1n) is 7.27. The molecule has 1 aromatic heterocycles. The lowest BCUT2D eigenvalue weighted by molar-refractivity contribution is 0.238. The number of hydrogen-bond donors (Lipinski definition) is 2. The van der Waals surface area contributed by atoms with Crippen LogP contribution in [0.5, 0.6) is 0 Å². The van der Waals surface area contributed by atoms with Crippen LogP contribution in [0.25, 0.3) is 0 Å². The lowest BCUT2D eigenvalue weighted by Crippen LogP contribution is -2.42. The van der Waals surface area contributed by atoms with Gasteiger partial charge in [0.15, 0.2) is 0 Å². The number of carbonyl (C=O) groups excluding carboxylic acids is 1. The highest BCUT2D eigenvalue weighted by Gasteiger charge is 2.21. The van der Waals surface area contributed by atoms with E-state index in [9.17, 15) is 4.79 Å². The van der Waals surface area contributed by atoms with E-state index in [1.807, 2.05) is 36.4 Å². The highest BCUT2D eigenvalue weighted by molar-refractivity contribution is 6.30. The fraction of sp³-hybridized carbons (Fsp3) is 0.353. The van der Waals surface area contributed by atoms with E-state index in [0.29, 0.717) is 24.5 Å². The molecule has 0 aliphatic heterocycles. The summed E-state index contributed by atoms with van der Waals surface area (Å²) in [6.07, 6.45) is 2.31. The van der Waals surface area contributed by atoms with E-state index in [2.05, 4.69) is 24.5 Å². The van der Waals surface area contributed by atoms with E-state index < -0.39 is 0 Å². The van der Waals surface area contributed by atoms with Crippen molar-refractivity contribution >= 4 is 17.6 Å². The van der Waals surface area contributed by atoms with Crippen molar-refractivity contribution in [2.24, 2.45) is 0 Å². The Morgan fingerprint density at radius 1 is 1.23 bits per heavy atom. The molecule has 1 heterocycles. The van der Waals surface area contributed by atoms with Crippen molar-refractivity contribution in [2.75, 3.05) is 13.1 Å². The van der Waals surface area contributed by atoms with Gasteiger partial charge in [0.2, 0.25) is 0 Å². The van der Waals surface area contributed by atoms with E-state index in [0.717, 1.165) is 11.3 Å². The number of benzene rings is 1. The minimum absolute atomic E-state index is 0.179. The number of furan rings is 1. The summed E-state index contributed by atoms with van der Waals surface area (Å²) in [6, 6.07) is 11.3. The van der Waals surface area contributed by atoms with Gasteiger partial charge in [-0.3, -0.25) is 0 Å². The normalized spacial score (nSPS) is 11.2. The molecule has 0 saturated carbocycles. The maximum atomic E-state index is 11.8. The molecular weight excluding hydrogens is 300 g/mol. The molecule has 0 saturated heterocycles. The van der Waals surface area contributed by atoms with Gasteiger partial charge in [-0.15, -0.1) is 0 Å². The smallest absolute Gasteiger partial charge is 0.314 e. The molecule has 0 unspecified atom stereocenters. The molecule has 5 heteroatoms. The highest BCUT2D eigenvalue weighted by atomic mass is 35.5. The maximum Gasteiger partial charge on any atom is 0.314 e. The van der Waals surface area contributed by atoms with Gasteiger partial charge >= 0.3 is 6.03 Å². The zero-order chi connectivity index (χ0) is 16.0. The van der Waals surface area contributed by atoms with E-state index in [1.54, 1.807) is 6.26 Å². The molecule has 0 bridgehead atoms. The second-order valence-electron chi connectivity index (χ2n) is 5.83. The summed E-state index contributed by atoms with van der Waals surface area (Å²) >= 11 is 6.02. The van der Waals surface area contributed by atoms with Crippen molar-refractivity contribution in [1.29, 1.82) is 0 Å². The molecule has 0 aliphatic carbocycles. The number of urea groups is 1. The third-order valence-electron chi connectivity index (χ3n) is 3.53. The molecular formula is C17H21ClN2O2. The molecule has 118 valence electrons. The Balaban J connectivity index is 1.77. The van der Waals surface area contributed by atoms with Crippen molar-refractivity contribution in [3.05, 3.63) is 59.0 Å². The lowest BCUT2D eigenvalue weighted by Gasteiger charge is -2.26. The van der Waals surface area contributed by atoms with Gasteiger partial charge in [0.25, 0.3) is 0 Å². The third kappa shape index (κ3) is 4.81. The van der Waals surface area contributed by atoms with Crippen molar-refractivity contribution in [3.8, 4) is 0 Å². The average molecular weight is 321 g/mol. The first-order valence-corrected chi connectivity index (χ1v) is 7.65. The molecule has 2 N–H and O–H groups in total. The number of rotatable bonds is 6. The summed E-state index contributed by atoms with van der Waals surface area (Å²) < 4.78 is 5.21. The van der Waals surface area contributed by atoms with E-state index >= 15 is 0 Å². The number of hydrogen-bond acceptors (Lipinski definition) is 2. The fourth-order valence-corrected chi connectivity index (χ4v) is 2.32. The van der Waals surface area contributed by atoms with Crippen LogP contribution in [0, 0.1) is 0 Å². The first-order chi connectivity index (χ1) is 10.5. The zero-order valence-corrected chi connectivity index (χ0v) is 13.6. The summed E-state index contributed by atoms with van der Waals surface area (Å²) in [7, 11) is 0. The van der Waals surface area contributed by atoms with Crippen molar-refractivity contribution in [2.45, 2.75) is 25.7 Å². The Bertz CT molecular complexity index is 609. The predicted octanol–water partition coefficient (Wildman–Crippen LogP) is 3.75.